The Labute approximate surface area is 77.6 Å². The molecule has 0 unspecified atom stereocenters. The summed E-state index contributed by atoms with van der Waals surface area (Å²) in [7, 11) is 3.59. The molecule has 70 valence electrons. The van der Waals surface area contributed by atoms with Crippen molar-refractivity contribution in [1.29, 1.82) is 0 Å². The van der Waals surface area contributed by atoms with Crippen LogP contribution in [0.3, 0.4) is 0 Å². The summed E-state index contributed by atoms with van der Waals surface area (Å²) in [6.45, 7) is 1.49. The maximum absolute atomic E-state index is 11.2. The first kappa shape index (κ1) is 9.58. The average molecular weight is 179 g/mol. The second-order valence-corrected chi connectivity index (χ2v) is 3.12. The normalized spacial score (nSPS) is 9.77. The Bertz CT molecular complexity index is 332. The summed E-state index contributed by atoms with van der Waals surface area (Å²) in [6.07, 6.45) is 0. The van der Waals surface area contributed by atoms with Crippen LogP contribution in [0.1, 0.15) is 17.3 Å². The second kappa shape index (κ2) is 3.47. The summed E-state index contributed by atoms with van der Waals surface area (Å²) in [5, 5.41) is 9.52. The molecule has 3 heteroatoms. The largest absolute Gasteiger partial charge is 0.506 e. The van der Waals surface area contributed by atoms with E-state index in [4.69, 9.17) is 0 Å². The predicted octanol–water partition coefficient (Wildman–Crippen LogP) is 1.66. The van der Waals surface area contributed by atoms with Crippen LogP contribution in [0.15, 0.2) is 18.2 Å². The highest BCUT2D eigenvalue weighted by molar-refractivity contribution is 6.00. The maximum Gasteiger partial charge on any atom is 0.162 e. The number of benzene rings is 1. The quantitative estimate of drug-likeness (QED) is 0.702. The third-order valence-corrected chi connectivity index (χ3v) is 1.84. The van der Waals surface area contributed by atoms with E-state index in [1.54, 1.807) is 37.2 Å². The van der Waals surface area contributed by atoms with Crippen LogP contribution in [0.2, 0.25) is 0 Å². The van der Waals surface area contributed by atoms with E-state index >= 15 is 0 Å². The van der Waals surface area contributed by atoms with Gasteiger partial charge in [0.05, 0.1) is 5.69 Å². The molecule has 1 aromatic carbocycles. The van der Waals surface area contributed by atoms with Crippen LogP contribution in [-0.2, 0) is 0 Å². The van der Waals surface area contributed by atoms with Crippen molar-refractivity contribution in [2.45, 2.75) is 6.92 Å². The first-order chi connectivity index (χ1) is 6.04. The van der Waals surface area contributed by atoms with E-state index in [0.717, 1.165) is 0 Å². The summed E-state index contributed by atoms with van der Waals surface area (Å²) in [6, 6.07) is 4.94. The molecule has 0 fully saturated rings. The van der Waals surface area contributed by atoms with Crippen LogP contribution in [0.4, 0.5) is 5.69 Å². The van der Waals surface area contributed by atoms with Crippen molar-refractivity contribution in [3.8, 4) is 5.75 Å². The molecule has 1 aromatic rings. The van der Waals surface area contributed by atoms with E-state index in [0.29, 0.717) is 11.3 Å². The highest BCUT2D eigenvalue weighted by atomic mass is 16.3. The topological polar surface area (TPSA) is 40.5 Å². The minimum Gasteiger partial charge on any atom is -0.506 e. The van der Waals surface area contributed by atoms with Gasteiger partial charge in [0.2, 0.25) is 0 Å². The summed E-state index contributed by atoms with van der Waals surface area (Å²) in [5.74, 6) is 0.0947. The fraction of sp³-hybridized carbons (Fsp3) is 0.300. The van der Waals surface area contributed by atoms with Crippen molar-refractivity contribution in [2.75, 3.05) is 19.0 Å². The number of phenolic OH excluding ortho intramolecular Hbond substituents is 1. The fourth-order valence-corrected chi connectivity index (χ4v) is 1.29. The molecule has 0 amide bonds. The molecule has 0 saturated carbocycles. The summed E-state index contributed by atoms with van der Waals surface area (Å²) in [4.78, 5) is 12.9. The predicted molar refractivity (Wildman–Crippen MR) is 52.4 cm³/mol. The summed E-state index contributed by atoms with van der Waals surface area (Å²) in [5.41, 5.74) is 1.13. The molecule has 1 N–H and O–H groups in total. The SMILES string of the molecule is CC(=O)c1cccc(O)c1N(C)C. The Morgan fingerprint density at radius 3 is 2.38 bits per heavy atom. The molecule has 1 rings (SSSR count). The van der Waals surface area contributed by atoms with Crippen molar-refractivity contribution < 1.29 is 9.90 Å². The van der Waals surface area contributed by atoms with Gasteiger partial charge in [0.1, 0.15) is 5.75 Å². The molecule has 0 saturated heterocycles. The lowest BCUT2D eigenvalue weighted by molar-refractivity contribution is 0.101. The van der Waals surface area contributed by atoms with Gasteiger partial charge >= 0.3 is 0 Å². The minimum atomic E-state index is -0.0420. The fourth-order valence-electron chi connectivity index (χ4n) is 1.29. The van der Waals surface area contributed by atoms with Crippen LogP contribution in [0.5, 0.6) is 5.75 Å². The van der Waals surface area contributed by atoms with E-state index in [1.165, 1.54) is 6.92 Å². The minimum absolute atomic E-state index is 0.0420. The van der Waals surface area contributed by atoms with Crippen molar-refractivity contribution in [1.82, 2.24) is 0 Å². The van der Waals surface area contributed by atoms with Gasteiger partial charge in [-0.3, -0.25) is 4.79 Å². The molecule has 0 radical (unpaired) electrons. The van der Waals surface area contributed by atoms with Crippen molar-refractivity contribution in [2.24, 2.45) is 0 Å². The molecule has 0 bridgehead atoms. The number of anilines is 1. The lowest BCUT2D eigenvalue weighted by Crippen LogP contribution is -2.13. The Morgan fingerprint density at radius 2 is 2.00 bits per heavy atom. The monoisotopic (exact) mass is 179 g/mol. The molecule has 0 atom stereocenters. The van der Waals surface area contributed by atoms with Crippen molar-refractivity contribution >= 4 is 11.5 Å². The number of hydrogen-bond acceptors (Lipinski definition) is 3. The zero-order chi connectivity index (χ0) is 10.0. The van der Waals surface area contributed by atoms with Gasteiger partial charge in [0.25, 0.3) is 0 Å². The standard InChI is InChI=1S/C10H13NO2/c1-7(12)8-5-4-6-9(13)10(8)11(2)3/h4-6,13H,1-3H3. The number of carbonyl (C=O) groups is 1. The molecular formula is C10H13NO2. The van der Waals surface area contributed by atoms with Crippen molar-refractivity contribution in [3.05, 3.63) is 23.8 Å². The average Bonchev–Trinajstić information content (AvgIpc) is 2.02. The zero-order valence-electron chi connectivity index (χ0n) is 8.03. The molecular weight excluding hydrogens is 166 g/mol. The van der Waals surface area contributed by atoms with Crippen LogP contribution < -0.4 is 4.90 Å². The Morgan fingerprint density at radius 1 is 1.38 bits per heavy atom. The van der Waals surface area contributed by atoms with E-state index in [-0.39, 0.29) is 11.5 Å². The molecule has 0 aliphatic rings. The number of carbonyl (C=O) groups excluding carboxylic acids is 1. The van der Waals surface area contributed by atoms with Crippen LogP contribution >= 0.6 is 0 Å². The molecule has 0 heterocycles. The lowest BCUT2D eigenvalue weighted by atomic mass is 10.1. The van der Waals surface area contributed by atoms with Gasteiger partial charge in [-0.25, -0.2) is 0 Å². The van der Waals surface area contributed by atoms with Gasteiger partial charge in [-0.15, -0.1) is 0 Å². The zero-order valence-corrected chi connectivity index (χ0v) is 8.03. The third-order valence-electron chi connectivity index (χ3n) is 1.84. The number of aromatic hydroxyl groups is 1. The highest BCUT2D eigenvalue weighted by Crippen LogP contribution is 2.29. The molecule has 0 spiro atoms. The van der Waals surface area contributed by atoms with Gasteiger partial charge in [0.15, 0.2) is 5.78 Å². The van der Waals surface area contributed by atoms with Gasteiger partial charge in [-0.1, -0.05) is 6.07 Å². The number of Topliss-reactive ketones (excluding diaryl/α,β-unsaturated/α-hetero) is 1. The molecule has 13 heavy (non-hydrogen) atoms. The smallest absolute Gasteiger partial charge is 0.162 e. The Balaban J connectivity index is 3.34. The first-order valence-corrected chi connectivity index (χ1v) is 4.04. The molecule has 0 aliphatic heterocycles. The Kier molecular flexibility index (Phi) is 2.56. The second-order valence-electron chi connectivity index (χ2n) is 3.12. The number of rotatable bonds is 2. The van der Waals surface area contributed by atoms with Gasteiger partial charge < -0.3 is 10.0 Å². The highest BCUT2D eigenvalue weighted by Gasteiger charge is 2.12. The number of para-hydroxylation sites is 1. The van der Waals surface area contributed by atoms with E-state index in [9.17, 15) is 9.90 Å². The number of phenols is 1. The number of nitrogens with zero attached hydrogens (tertiary/aromatic N) is 1. The summed E-state index contributed by atoms with van der Waals surface area (Å²) < 4.78 is 0. The van der Waals surface area contributed by atoms with Crippen LogP contribution in [-0.4, -0.2) is 25.0 Å². The van der Waals surface area contributed by atoms with Gasteiger partial charge in [0, 0.05) is 19.7 Å². The van der Waals surface area contributed by atoms with E-state index in [2.05, 4.69) is 0 Å². The van der Waals surface area contributed by atoms with Crippen LogP contribution in [0.25, 0.3) is 0 Å². The number of hydrogen-bond donors (Lipinski definition) is 1. The maximum atomic E-state index is 11.2. The first-order valence-electron chi connectivity index (χ1n) is 4.04. The molecule has 0 aliphatic carbocycles. The van der Waals surface area contributed by atoms with Gasteiger partial charge in [-0.2, -0.15) is 0 Å². The van der Waals surface area contributed by atoms with E-state index in [1.807, 2.05) is 0 Å². The van der Waals surface area contributed by atoms with Gasteiger partial charge in [-0.05, 0) is 19.1 Å². The third kappa shape index (κ3) is 1.80. The van der Waals surface area contributed by atoms with Crippen molar-refractivity contribution in [3.63, 3.8) is 0 Å². The summed E-state index contributed by atoms with van der Waals surface area (Å²) >= 11 is 0. The van der Waals surface area contributed by atoms with Crippen LogP contribution in [0, 0.1) is 0 Å². The molecule has 3 nitrogen and oxygen atoms in total. The number of ketones is 1. The Hall–Kier alpha value is -1.51. The lowest BCUT2D eigenvalue weighted by Gasteiger charge is -2.17. The van der Waals surface area contributed by atoms with E-state index < -0.39 is 0 Å². The molecule has 0 aromatic heterocycles.